The van der Waals surface area contributed by atoms with Crippen LogP contribution in [0.1, 0.15) is 15.9 Å². The highest BCUT2D eigenvalue weighted by Gasteiger charge is 2.16. The zero-order chi connectivity index (χ0) is 17.1. The van der Waals surface area contributed by atoms with E-state index in [-0.39, 0.29) is 22.8 Å². The van der Waals surface area contributed by atoms with Crippen LogP contribution in [0.25, 0.3) is 16.8 Å². The Morgan fingerprint density at radius 2 is 1.75 bits per heavy atom. The monoisotopic (exact) mass is 320 g/mol. The first kappa shape index (κ1) is 15.6. The minimum absolute atomic E-state index is 0.0207. The Bertz CT molecular complexity index is 942. The molecule has 0 radical (unpaired) electrons. The van der Waals surface area contributed by atoms with Crippen LogP contribution in [0, 0.1) is 0 Å². The first-order chi connectivity index (χ1) is 11.6. The van der Waals surface area contributed by atoms with E-state index in [1.54, 1.807) is 6.08 Å². The molecule has 0 aliphatic rings. The predicted molar refractivity (Wildman–Crippen MR) is 93.6 cm³/mol. The third-order valence-corrected chi connectivity index (χ3v) is 3.73. The van der Waals surface area contributed by atoms with Crippen molar-refractivity contribution in [2.24, 2.45) is 0 Å². The summed E-state index contributed by atoms with van der Waals surface area (Å²) >= 11 is 0. The van der Waals surface area contributed by atoms with Gasteiger partial charge in [-0.3, -0.25) is 4.79 Å². The number of ketones is 1. The van der Waals surface area contributed by atoms with Gasteiger partial charge in [0.2, 0.25) is 0 Å². The molecule has 0 bridgehead atoms. The van der Waals surface area contributed by atoms with Crippen molar-refractivity contribution in [2.45, 2.75) is 0 Å². The fourth-order valence-electron chi connectivity index (χ4n) is 2.56. The highest BCUT2D eigenvalue weighted by atomic mass is 16.5. The molecule has 0 heterocycles. The third kappa shape index (κ3) is 3.08. The molecule has 0 saturated carbocycles. The van der Waals surface area contributed by atoms with Crippen molar-refractivity contribution < 1.29 is 19.7 Å². The zero-order valence-electron chi connectivity index (χ0n) is 13.1. The summed E-state index contributed by atoms with van der Waals surface area (Å²) in [6.45, 7) is 0. The van der Waals surface area contributed by atoms with Crippen molar-refractivity contribution >= 4 is 22.6 Å². The highest BCUT2D eigenvalue weighted by Crippen LogP contribution is 2.33. The number of allylic oxidation sites excluding steroid dienone is 1. The summed E-state index contributed by atoms with van der Waals surface area (Å²) in [6.07, 6.45) is 3.05. The molecule has 4 heteroatoms. The molecule has 3 aromatic rings. The lowest BCUT2D eigenvalue weighted by Crippen LogP contribution is -1.99. The molecule has 0 aliphatic carbocycles. The largest absolute Gasteiger partial charge is 0.508 e. The molecule has 3 rings (SSSR count). The Labute approximate surface area is 139 Å². The zero-order valence-corrected chi connectivity index (χ0v) is 13.1. The van der Waals surface area contributed by atoms with Crippen molar-refractivity contribution in [1.29, 1.82) is 0 Å². The number of hydrogen-bond donors (Lipinski definition) is 2. The molecule has 120 valence electrons. The van der Waals surface area contributed by atoms with Gasteiger partial charge in [-0.05, 0) is 28.5 Å². The SMILES string of the molecule is COc1cc(O)cc(O)c1C(=O)/C=C/c1ccc2ccccc2c1. The summed E-state index contributed by atoms with van der Waals surface area (Å²) in [6, 6.07) is 16.2. The van der Waals surface area contributed by atoms with Gasteiger partial charge in [0.05, 0.1) is 7.11 Å². The summed E-state index contributed by atoms with van der Waals surface area (Å²) in [5.74, 6) is -0.766. The number of rotatable bonds is 4. The second-order valence-electron chi connectivity index (χ2n) is 5.35. The molecule has 2 N–H and O–H groups in total. The molecule has 0 aliphatic heterocycles. The van der Waals surface area contributed by atoms with Crippen LogP contribution < -0.4 is 4.74 Å². The summed E-state index contributed by atoms with van der Waals surface area (Å²) in [7, 11) is 1.37. The Hall–Kier alpha value is -3.27. The van der Waals surface area contributed by atoms with Crippen molar-refractivity contribution in [3.05, 3.63) is 71.8 Å². The maximum atomic E-state index is 12.4. The second kappa shape index (κ2) is 6.46. The summed E-state index contributed by atoms with van der Waals surface area (Å²) in [5, 5.41) is 21.6. The van der Waals surface area contributed by atoms with Gasteiger partial charge in [-0.25, -0.2) is 0 Å². The maximum absolute atomic E-state index is 12.4. The molecular weight excluding hydrogens is 304 g/mol. The van der Waals surface area contributed by atoms with Crippen molar-refractivity contribution in [2.75, 3.05) is 7.11 Å². The lowest BCUT2D eigenvalue weighted by Gasteiger charge is -2.08. The van der Waals surface area contributed by atoms with Gasteiger partial charge < -0.3 is 14.9 Å². The number of carbonyl (C=O) groups excluding carboxylic acids is 1. The lowest BCUT2D eigenvalue weighted by molar-refractivity contribution is 0.104. The van der Waals surface area contributed by atoms with Crippen LogP contribution in [0.4, 0.5) is 0 Å². The van der Waals surface area contributed by atoms with E-state index in [9.17, 15) is 15.0 Å². The van der Waals surface area contributed by atoms with Crippen LogP contribution >= 0.6 is 0 Å². The number of benzene rings is 3. The van der Waals surface area contributed by atoms with Gasteiger partial charge in [-0.15, -0.1) is 0 Å². The second-order valence-corrected chi connectivity index (χ2v) is 5.35. The molecule has 0 fully saturated rings. The number of methoxy groups -OCH3 is 1. The molecule has 0 aromatic heterocycles. The average molecular weight is 320 g/mol. The van der Waals surface area contributed by atoms with Crippen LogP contribution in [0.2, 0.25) is 0 Å². The average Bonchev–Trinajstić information content (AvgIpc) is 2.58. The lowest BCUT2D eigenvalue weighted by atomic mass is 10.0. The Morgan fingerprint density at radius 1 is 1.00 bits per heavy atom. The minimum atomic E-state index is -0.405. The maximum Gasteiger partial charge on any atom is 0.193 e. The van der Waals surface area contributed by atoms with Crippen LogP contribution in [0.15, 0.2) is 60.7 Å². The number of phenols is 2. The van der Waals surface area contributed by atoms with E-state index in [1.165, 1.54) is 19.3 Å². The first-order valence-electron chi connectivity index (χ1n) is 7.39. The van der Waals surface area contributed by atoms with Crippen molar-refractivity contribution in [1.82, 2.24) is 0 Å². The van der Waals surface area contributed by atoms with E-state index in [2.05, 4.69) is 0 Å². The standard InChI is InChI=1S/C20H16O4/c1-24-19-12-16(21)11-18(23)20(19)17(22)9-7-13-6-8-14-4-2-3-5-15(14)10-13/h2-12,21,23H,1H3/b9-7+. The topological polar surface area (TPSA) is 66.8 Å². The predicted octanol–water partition coefficient (Wildman–Crippen LogP) is 4.16. The van der Waals surface area contributed by atoms with E-state index in [0.29, 0.717) is 0 Å². The van der Waals surface area contributed by atoms with Gasteiger partial charge in [-0.2, -0.15) is 0 Å². The fourth-order valence-corrected chi connectivity index (χ4v) is 2.56. The number of hydrogen-bond acceptors (Lipinski definition) is 4. The van der Waals surface area contributed by atoms with Crippen molar-refractivity contribution in [3.63, 3.8) is 0 Å². The molecule has 0 saturated heterocycles. The van der Waals surface area contributed by atoms with Gasteiger partial charge in [0.1, 0.15) is 22.8 Å². The van der Waals surface area contributed by atoms with E-state index in [4.69, 9.17) is 4.74 Å². The molecule has 0 atom stereocenters. The van der Waals surface area contributed by atoms with E-state index >= 15 is 0 Å². The van der Waals surface area contributed by atoms with Gasteiger partial charge in [-0.1, -0.05) is 42.5 Å². The van der Waals surface area contributed by atoms with E-state index in [1.807, 2.05) is 42.5 Å². The fraction of sp³-hybridized carbons (Fsp3) is 0.0500. The molecule has 24 heavy (non-hydrogen) atoms. The highest BCUT2D eigenvalue weighted by molar-refractivity contribution is 6.10. The van der Waals surface area contributed by atoms with Gasteiger partial charge in [0, 0.05) is 12.1 Å². The van der Waals surface area contributed by atoms with E-state index in [0.717, 1.165) is 22.4 Å². The number of aromatic hydroxyl groups is 2. The quantitative estimate of drug-likeness (QED) is 0.559. The van der Waals surface area contributed by atoms with Crippen LogP contribution in [-0.4, -0.2) is 23.1 Å². The van der Waals surface area contributed by atoms with Crippen LogP contribution in [0.3, 0.4) is 0 Å². The molecule has 4 nitrogen and oxygen atoms in total. The van der Waals surface area contributed by atoms with Gasteiger partial charge >= 0.3 is 0 Å². The van der Waals surface area contributed by atoms with E-state index < -0.39 is 5.78 Å². The van der Waals surface area contributed by atoms with Crippen LogP contribution in [0.5, 0.6) is 17.2 Å². The molecule has 0 unspecified atom stereocenters. The Kier molecular flexibility index (Phi) is 4.20. The number of fused-ring (bicyclic) bond motifs is 1. The molecule has 0 spiro atoms. The third-order valence-electron chi connectivity index (χ3n) is 3.73. The smallest absolute Gasteiger partial charge is 0.193 e. The van der Waals surface area contributed by atoms with Crippen molar-refractivity contribution in [3.8, 4) is 17.2 Å². The number of phenolic OH excluding ortho intramolecular Hbond substituents is 2. The summed E-state index contributed by atoms with van der Waals surface area (Å²) < 4.78 is 5.06. The summed E-state index contributed by atoms with van der Waals surface area (Å²) in [5.41, 5.74) is 0.895. The first-order valence-corrected chi connectivity index (χ1v) is 7.39. The molecular formula is C20H16O4. The summed E-state index contributed by atoms with van der Waals surface area (Å²) in [4.78, 5) is 12.4. The minimum Gasteiger partial charge on any atom is -0.508 e. The molecule has 0 amide bonds. The normalized spacial score (nSPS) is 11.0. The number of carbonyl (C=O) groups is 1. The number of ether oxygens (including phenoxy) is 1. The van der Waals surface area contributed by atoms with Gasteiger partial charge in [0.25, 0.3) is 0 Å². The molecule has 3 aromatic carbocycles. The Morgan fingerprint density at radius 3 is 2.50 bits per heavy atom. The Balaban J connectivity index is 1.92. The van der Waals surface area contributed by atoms with Crippen LogP contribution in [-0.2, 0) is 0 Å². The van der Waals surface area contributed by atoms with Gasteiger partial charge in [0.15, 0.2) is 5.78 Å².